The van der Waals surface area contributed by atoms with E-state index in [-0.39, 0.29) is 12.2 Å². The molecule has 8 heteroatoms. The van der Waals surface area contributed by atoms with Gasteiger partial charge < -0.3 is 14.2 Å². The van der Waals surface area contributed by atoms with Crippen LogP contribution in [0.15, 0.2) is 84.9 Å². The van der Waals surface area contributed by atoms with E-state index in [1.807, 2.05) is 54.6 Å². The zero-order valence-electron chi connectivity index (χ0n) is 19.8. The fraction of sp³-hybridized carbons (Fsp3) is 0.207. The molecule has 4 aromatic carbocycles. The molecule has 0 aliphatic carbocycles. The molecule has 5 rings (SSSR count). The van der Waals surface area contributed by atoms with Gasteiger partial charge in [-0.15, -0.1) is 11.8 Å². The van der Waals surface area contributed by atoms with Crippen LogP contribution in [0.5, 0.6) is 0 Å². The van der Waals surface area contributed by atoms with Crippen molar-refractivity contribution in [1.82, 2.24) is 0 Å². The van der Waals surface area contributed by atoms with Crippen molar-refractivity contribution in [3.05, 3.63) is 96.1 Å². The van der Waals surface area contributed by atoms with Gasteiger partial charge in [0.15, 0.2) is 17.7 Å². The van der Waals surface area contributed by atoms with Gasteiger partial charge in [0.1, 0.15) is 6.61 Å². The van der Waals surface area contributed by atoms with Crippen LogP contribution in [0.2, 0.25) is 0 Å². The molecule has 1 fully saturated rings. The third-order valence-electron chi connectivity index (χ3n) is 6.12. The number of benzene rings is 4. The Bertz CT molecular complexity index is 1490. The minimum atomic E-state index is -1.79. The maximum atomic E-state index is 15.3. The lowest BCUT2D eigenvalue weighted by atomic mass is 10.1. The van der Waals surface area contributed by atoms with Gasteiger partial charge in [0.2, 0.25) is 0 Å². The highest BCUT2D eigenvalue weighted by molar-refractivity contribution is 8.00. The molecule has 0 N–H and O–H groups in total. The van der Waals surface area contributed by atoms with Gasteiger partial charge in [-0.2, -0.15) is 0 Å². The Morgan fingerprint density at radius 2 is 1.30 bits per heavy atom. The highest BCUT2D eigenvalue weighted by Crippen LogP contribution is 2.39. The molecule has 1 heterocycles. The molecule has 4 atom stereocenters. The Morgan fingerprint density at radius 3 is 1.86 bits per heavy atom. The number of hydrogen-bond acceptors (Lipinski definition) is 7. The average Bonchev–Trinajstić information content (AvgIpc) is 3.19. The molecule has 1 saturated heterocycles. The molecule has 188 valence electrons. The number of carbonyl (C=O) groups is 3. The number of carbonyl (C=O) groups excluding carboxylic acids is 3. The van der Waals surface area contributed by atoms with Crippen LogP contribution in [0.3, 0.4) is 0 Å². The van der Waals surface area contributed by atoms with E-state index in [1.54, 1.807) is 30.3 Å². The first-order valence-electron chi connectivity index (χ1n) is 11.7. The summed E-state index contributed by atoms with van der Waals surface area (Å²) in [5.41, 5.74) is -0.574. The molecule has 1 unspecified atom stereocenters. The summed E-state index contributed by atoms with van der Waals surface area (Å²) in [6.07, 6.45) is -3.07. The molecule has 1 aliphatic rings. The van der Waals surface area contributed by atoms with Crippen LogP contribution in [0, 0.1) is 0 Å². The molecule has 4 aromatic rings. The zero-order valence-corrected chi connectivity index (χ0v) is 20.7. The number of hydrogen-bond donors (Lipinski definition) is 0. The van der Waals surface area contributed by atoms with Crippen molar-refractivity contribution in [1.29, 1.82) is 0 Å². The molecule has 0 aromatic heterocycles. The zero-order chi connectivity index (χ0) is 25.9. The maximum absolute atomic E-state index is 15.3. The fourth-order valence-corrected chi connectivity index (χ4v) is 5.63. The summed E-state index contributed by atoms with van der Waals surface area (Å²) in [4.78, 5) is 37.2. The molecule has 1 aliphatic heterocycles. The number of fused-ring (bicyclic) bond motifs is 2. The lowest BCUT2D eigenvalue weighted by Crippen LogP contribution is -2.37. The van der Waals surface area contributed by atoms with Crippen molar-refractivity contribution in [3.63, 3.8) is 0 Å². The van der Waals surface area contributed by atoms with Gasteiger partial charge in [-0.05, 0) is 45.8 Å². The first-order chi connectivity index (χ1) is 17.9. The summed E-state index contributed by atoms with van der Waals surface area (Å²) < 4.78 is 31.4. The Hall–Kier alpha value is -3.91. The summed E-state index contributed by atoms with van der Waals surface area (Å²) in [5.74, 6) is -1.96. The standard InChI is InChI=1S/C29H23FO6S/c1-17(31)35-29-25(30)26(36-28(33)23-13-11-19-7-3-5-9-21(19)15-23)24(37-29)16-34-27(32)22-12-10-18-6-2-4-8-20(18)14-22/h2-15,24-26,29H,16H2,1H3/t24-,25+,26?,29-/m1/s1. The van der Waals surface area contributed by atoms with E-state index in [0.717, 1.165) is 33.3 Å². The molecular weight excluding hydrogens is 495 g/mol. The second kappa shape index (κ2) is 10.6. The third-order valence-corrected chi connectivity index (χ3v) is 7.50. The van der Waals surface area contributed by atoms with E-state index in [1.165, 1.54) is 6.92 Å². The molecule has 37 heavy (non-hydrogen) atoms. The van der Waals surface area contributed by atoms with Crippen LogP contribution in [0.4, 0.5) is 4.39 Å². The van der Waals surface area contributed by atoms with Crippen LogP contribution in [0.1, 0.15) is 27.6 Å². The second-order valence-corrected chi connectivity index (χ2v) is 10.0. The van der Waals surface area contributed by atoms with Gasteiger partial charge in [-0.25, -0.2) is 14.0 Å². The predicted molar refractivity (Wildman–Crippen MR) is 139 cm³/mol. The van der Waals surface area contributed by atoms with E-state index >= 15 is 4.39 Å². The summed E-state index contributed by atoms with van der Waals surface area (Å²) in [7, 11) is 0. The molecule has 0 radical (unpaired) electrons. The summed E-state index contributed by atoms with van der Waals surface area (Å²) in [6.45, 7) is 0.945. The van der Waals surface area contributed by atoms with Crippen molar-refractivity contribution in [2.45, 2.75) is 29.9 Å². The minimum Gasteiger partial charge on any atom is -0.461 e. The molecular formula is C29H23FO6S. The van der Waals surface area contributed by atoms with Gasteiger partial charge in [0.25, 0.3) is 0 Å². The smallest absolute Gasteiger partial charge is 0.338 e. The largest absolute Gasteiger partial charge is 0.461 e. The van der Waals surface area contributed by atoms with Crippen LogP contribution < -0.4 is 0 Å². The number of thioether (sulfide) groups is 1. The first kappa shape index (κ1) is 24.8. The van der Waals surface area contributed by atoms with E-state index in [4.69, 9.17) is 14.2 Å². The van der Waals surface area contributed by atoms with Crippen molar-refractivity contribution >= 4 is 51.2 Å². The Balaban J connectivity index is 1.31. The van der Waals surface area contributed by atoms with Gasteiger partial charge in [-0.1, -0.05) is 60.7 Å². The van der Waals surface area contributed by atoms with Crippen LogP contribution in [-0.4, -0.2) is 47.5 Å². The summed E-state index contributed by atoms with van der Waals surface area (Å²) >= 11 is 0.962. The van der Waals surface area contributed by atoms with Gasteiger partial charge in [0, 0.05) is 6.92 Å². The molecule has 6 nitrogen and oxygen atoms in total. The predicted octanol–water partition coefficient (Wildman–Crippen LogP) is 5.72. The number of halogens is 1. The summed E-state index contributed by atoms with van der Waals surface area (Å²) in [6, 6.07) is 25.4. The van der Waals surface area contributed by atoms with Crippen molar-refractivity contribution in [2.75, 3.05) is 6.61 Å². The van der Waals surface area contributed by atoms with Crippen LogP contribution in [0.25, 0.3) is 21.5 Å². The van der Waals surface area contributed by atoms with E-state index in [2.05, 4.69) is 0 Å². The quantitative estimate of drug-likeness (QED) is 0.239. The van der Waals surface area contributed by atoms with Gasteiger partial charge >= 0.3 is 17.9 Å². The highest BCUT2D eigenvalue weighted by Gasteiger charge is 2.49. The van der Waals surface area contributed by atoms with Crippen molar-refractivity contribution in [3.8, 4) is 0 Å². The lowest BCUT2D eigenvalue weighted by Gasteiger charge is -2.20. The average molecular weight is 519 g/mol. The maximum Gasteiger partial charge on any atom is 0.338 e. The highest BCUT2D eigenvalue weighted by atomic mass is 32.2. The van der Waals surface area contributed by atoms with Crippen LogP contribution >= 0.6 is 11.8 Å². The third kappa shape index (κ3) is 5.44. The van der Waals surface area contributed by atoms with Crippen molar-refractivity contribution in [2.24, 2.45) is 0 Å². The first-order valence-corrected chi connectivity index (χ1v) is 12.7. The Labute approximate surface area is 216 Å². The Morgan fingerprint density at radius 1 is 0.757 bits per heavy atom. The normalized spacial score (nSPS) is 21.0. The summed E-state index contributed by atoms with van der Waals surface area (Å²) in [5, 5.41) is 2.89. The van der Waals surface area contributed by atoms with E-state index in [0.29, 0.717) is 5.56 Å². The number of alkyl halides is 1. The molecule has 0 amide bonds. The van der Waals surface area contributed by atoms with Crippen molar-refractivity contribution < 1.29 is 33.0 Å². The number of rotatable bonds is 6. The number of esters is 3. The van der Waals surface area contributed by atoms with E-state index in [9.17, 15) is 14.4 Å². The SMILES string of the molecule is CC(=O)O[C@@H]1S[C@H](COC(=O)c2ccc3ccccc3c2)C(OC(=O)c2ccc3ccccc3c2)[C@@H]1F. The van der Waals surface area contributed by atoms with Crippen LogP contribution in [-0.2, 0) is 19.0 Å². The monoisotopic (exact) mass is 518 g/mol. The molecule has 0 bridgehead atoms. The number of ether oxygens (including phenoxy) is 3. The van der Waals surface area contributed by atoms with Gasteiger partial charge in [-0.3, -0.25) is 4.79 Å². The second-order valence-electron chi connectivity index (χ2n) is 8.69. The Kier molecular flexibility index (Phi) is 7.10. The van der Waals surface area contributed by atoms with E-state index < -0.39 is 40.9 Å². The lowest BCUT2D eigenvalue weighted by molar-refractivity contribution is -0.145. The minimum absolute atomic E-state index is 0.232. The molecule has 0 saturated carbocycles. The molecule has 0 spiro atoms. The fourth-order valence-electron chi connectivity index (χ4n) is 4.28. The topological polar surface area (TPSA) is 78.9 Å². The van der Waals surface area contributed by atoms with Gasteiger partial charge in [0.05, 0.1) is 16.4 Å².